The minimum Gasteiger partial charge on any atom is -0.481 e. The van der Waals surface area contributed by atoms with Crippen LogP contribution in [-0.2, 0) is 11.2 Å². The summed E-state index contributed by atoms with van der Waals surface area (Å²) in [6, 6.07) is 17.3. The minimum absolute atomic E-state index is 0.116. The number of carbonyl (C=O) groups is 1. The van der Waals surface area contributed by atoms with Gasteiger partial charge in [0.15, 0.2) is 6.10 Å². The van der Waals surface area contributed by atoms with Gasteiger partial charge in [-0.1, -0.05) is 44.2 Å². The van der Waals surface area contributed by atoms with E-state index in [-0.39, 0.29) is 5.91 Å². The molecule has 2 aromatic carbocycles. The first-order chi connectivity index (χ1) is 10.2. The van der Waals surface area contributed by atoms with Gasteiger partial charge in [-0.3, -0.25) is 4.79 Å². The van der Waals surface area contributed by atoms with Gasteiger partial charge in [0.05, 0.1) is 0 Å². The average Bonchev–Trinajstić information content (AvgIpc) is 2.53. The van der Waals surface area contributed by atoms with Crippen LogP contribution in [0, 0.1) is 0 Å². The van der Waals surface area contributed by atoms with Crippen LogP contribution in [0.15, 0.2) is 54.6 Å². The van der Waals surface area contributed by atoms with Crippen molar-refractivity contribution in [3.63, 3.8) is 0 Å². The van der Waals surface area contributed by atoms with Gasteiger partial charge < -0.3 is 10.1 Å². The lowest BCUT2D eigenvalue weighted by Crippen LogP contribution is -2.32. The predicted molar refractivity (Wildman–Crippen MR) is 85.6 cm³/mol. The van der Waals surface area contributed by atoms with Crippen molar-refractivity contribution in [1.29, 1.82) is 0 Å². The summed E-state index contributed by atoms with van der Waals surface area (Å²) in [5, 5.41) is 2.92. The van der Waals surface area contributed by atoms with Crippen molar-refractivity contribution in [3.05, 3.63) is 60.2 Å². The monoisotopic (exact) mass is 283 g/mol. The number of para-hydroxylation sites is 1. The van der Waals surface area contributed by atoms with E-state index in [0.29, 0.717) is 12.2 Å². The molecule has 0 spiro atoms. The van der Waals surface area contributed by atoms with Gasteiger partial charge in [-0.25, -0.2) is 0 Å². The smallest absolute Gasteiger partial charge is 0.265 e. The number of aryl methyl sites for hydroxylation is 1. The molecule has 1 unspecified atom stereocenters. The summed E-state index contributed by atoms with van der Waals surface area (Å²) in [5.41, 5.74) is 2.01. The number of carbonyl (C=O) groups excluding carboxylic acids is 1. The first kappa shape index (κ1) is 15.1. The summed E-state index contributed by atoms with van der Waals surface area (Å²) in [5.74, 6) is 0.594. The Bertz CT molecular complexity index is 581. The molecule has 1 N–H and O–H groups in total. The number of benzene rings is 2. The summed E-state index contributed by atoms with van der Waals surface area (Å²) >= 11 is 0. The van der Waals surface area contributed by atoms with Crippen LogP contribution in [0.1, 0.15) is 25.8 Å². The fourth-order valence-corrected chi connectivity index (χ4v) is 2.08. The second kappa shape index (κ2) is 7.48. The van der Waals surface area contributed by atoms with Gasteiger partial charge in [-0.05, 0) is 42.7 Å². The van der Waals surface area contributed by atoms with Gasteiger partial charge in [0.25, 0.3) is 5.91 Å². The van der Waals surface area contributed by atoms with E-state index in [2.05, 4.69) is 12.2 Å². The molecule has 3 nitrogen and oxygen atoms in total. The average molecular weight is 283 g/mol. The largest absolute Gasteiger partial charge is 0.481 e. The highest BCUT2D eigenvalue weighted by Crippen LogP contribution is 2.15. The van der Waals surface area contributed by atoms with Crippen LogP contribution in [0.5, 0.6) is 5.75 Å². The summed E-state index contributed by atoms with van der Waals surface area (Å²) < 4.78 is 5.74. The molecule has 1 amide bonds. The molecule has 110 valence electrons. The van der Waals surface area contributed by atoms with Crippen LogP contribution in [-0.4, -0.2) is 12.0 Å². The first-order valence-corrected chi connectivity index (χ1v) is 7.34. The Morgan fingerprint density at radius 3 is 2.52 bits per heavy atom. The van der Waals surface area contributed by atoms with E-state index in [4.69, 9.17) is 4.74 Å². The van der Waals surface area contributed by atoms with Gasteiger partial charge >= 0.3 is 0 Å². The van der Waals surface area contributed by atoms with Crippen molar-refractivity contribution in [2.45, 2.75) is 32.8 Å². The standard InChI is InChI=1S/C18H21NO2/c1-3-14-9-8-10-15(13-14)19-18(20)17(4-2)21-16-11-6-5-7-12-16/h5-13,17H,3-4H2,1-2H3,(H,19,20). The van der Waals surface area contributed by atoms with Crippen molar-refractivity contribution in [3.8, 4) is 5.75 Å². The normalized spacial score (nSPS) is 11.7. The Morgan fingerprint density at radius 2 is 1.86 bits per heavy atom. The Balaban J connectivity index is 2.02. The number of rotatable bonds is 6. The van der Waals surface area contributed by atoms with E-state index in [9.17, 15) is 4.79 Å². The minimum atomic E-state index is -0.488. The highest BCUT2D eigenvalue weighted by molar-refractivity contribution is 5.94. The Labute approximate surface area is 126 Å². The van der Waals surface area contributed by atoms with E-state index in [1.807, 2.05) is 61.5 Å². The van der Waals surface area contributed by atoms with Gasteiger partial charge in [-0.15, -0.1) is 0 Å². The summed E-state index contributed by atoms with van der Waals surface area (Å²) in [6.07, 6.45) is 1.08. The number of amides is 1. The molecule has 0 aliphatic rings. The second-order valence-electron chi connectivity index (χ2n) is 4.87. The fraction of sp³-hybridized carbons (Fsp3) is 0.278. The highest BCUT2D eigenvalue weighted by Gasteiger charge is 2.18. The molecule has 0 radical (unpaired) electrons. The lowest BCUT2D eigenvalue weighted by molar-refractivity contribution is -0.122. The van der Waals surface area contributed by atoms with Crippen LogP contribution >= 0.6 is 0 Å². The van der Waals surface area contributed by atoms with Crippen molar-refractivity contribution in [2.24, 2.45) is 0 Å². The second-order valence-corrected chi connectivity index (χ2v) is 4.87. The van der Waals surface area contributed by atoms with Gasteiger partial charge in [0.2, 0.25) is 0 Å². The third kappa shape index (κ3) is 4.35. The molecule has 2 rings (SSSR count). The molecule has 21 heavy (non-hydrogen) atoms. The van der Waals surface area contributed by atoms with Crippen molar-refractivity contribution in [1.82, 2.24) is 0 Å². The van der Waals surface area contributed by atoms with Crippen LogP contribution in [0.4, 0.5) is 5.69 Å². The summed E-state index contributed by atoms with van der Waals surface area (Å²) in [4.78, 5) is 12.3. The lowest BCUT2D eigenvalue weighted by Gasteiger charge is -2.17. The molecule has 0 saturated heterocycles. The Hall–Kier alpha value is -2.29. The van der Waals surface area contributed by atoms with Crippen LogP contribution in [0.25, 0.3) is 0 Å². The zero-order valence-electron chi connectivity index (χ0n) is 12.5. The van der Waals surface area contributed by atoms with E-state index < -0.39 is 6.10 Å². The third-order valence-electron chi connectivity index (χ3n) is 3.29. The number of hydrogen-bond donors (Lipinski definition) is 1. The maximum absolute atomic E-state index is 12.3. The van der Waals surface area contributed by atoms with E-state index in [1.165, 1.54) is 5.56 Å². The van der Waals surface area contributed by atoms with Gasteiger partial charge in [-0.2, -0.15) is 0 Å². The molecule has 0 fully saturated rings. The third-order valence-corrected chi connectivity index (χ3v) is 3.29. The zero-order chi connectivity index (χ0) is 15.1. The molecule has 0 aliphatic carbocycles. The molecular weight excluding hydrogens is 262 g/mol. The predicted octanol–water partition coefficient (Wildman–Crippen LogP) is 4.05. The van der Waals surface area contributed by atoms with Crippen LogP contribution in [0.3, 0.4) is 0 Å². The highest BCUT2D eigenvalue weighted by atomic mass is 16.5. The summed E-state index contributed by atoms with van der Waals surface area (Å²) in [6.45, 7) is 4.03. The number of nitrogens with one attached hydrogen (secondary N) is 1. The number of hydrogen-bond acceptors (Lipinski definition) is 2. The molecule has 0 aromatic heterocycles. The van der Waals surface area contributed by atoms with Crippen molar-refractivity contribution in [2.75, 3.05) is 5.32 Å². The molecule has 3 heteroatoms. The van der Waals surface area contributed by atoms with E-state index in [0.717, 1.165) is 12.1 Å². The zero-order valence-corrected chi connectivity index (χ0v) is 12.5. The Kier molecular flexibility index (Phi) is 5.38. The SMILES string of the molecule is CCc1cccc(NC(=O)C(CC)Oc2ccccc2)c1. The van der Waals surface area contributed by atoms with Crippen molar-refractivity contribution >= 4 is 11.6 Å². The summed E-state index contributed by atoms with van der Waals surface area (Å²) in [7, 11) is 0. The number of anilines is 1. The van der Waals surface area contributed by atoms with Gasteiger partial charge in [0, 0.05) is 5.69 Å². The van der Waals surface area contributed by atoms with Gasteiger partial charge in [0.1, 0.15) is 5.75 Å². The first-order valence-electron chi connectivity index (χ1n) is 7.34. The van der Waals surface area contributed by atoms with E-state index >= 15 is 0 Å². The molecular formula is C18H21NO2. The molecule has 0 saturated carbocycles. The van der Waals surface area contributed by atoms with Crippen LogP contribution in [0.2, 0.25) is 0 Å². The lowest BCUT2D eigenvalue weighted by atomic mass is 10.1. The maximum atomic E-state index is 12.3. The molecule has 0 bridgehead atoms. The van der Waals surface area contributed by atoms with Crippen LogP contribution < -0.4 is 10.1 Å². The molecule has 0 heterocycles. The molecule has 1 atom stereocenters. The molecule has 2 aromatic rings. The topological polar surface area (TPSA) is 38.3 Å². The van der Waals surface area contributed by atoms with E-state index in [1.54, 1.807) is 0 Å². The number of ether oxygens (including phenoxy) is 1. The van der Waals surface area contributed by atoms with Crippen molar-refractivity contribution < 1.29 is 9.53 Å². The quantitative estimate of drug-likeness (QED) is 0.868. The molecule has 0 aliphatic heterocycles. The Morgan fingerprint density at radius 1 is 1.10 bits per heavy atom. The maximum Gasteiger partial charge on any atom is 0.265 e. The fourth-order valence-electron chi connectivity index (χ4n) is 2.08.